The highest BCUT2D eigenvalue weighted by Crippen LogP contribution is 2.31. The summed E-state index contributed by atoms with van der Waals surface area (Å²) in [6.45, 7) is 2.54. The Morgan fingerprint density at radius 2 is 1.90 bits per heavy atom. The molecule has 3 rings (SSSR count). The van der Waals surface area contributed by atoms with Crippen LogP contribution in [0.5, 0.6) is 0 Å². The number of carbonyl (C=O) groups is 1. The van der Waals surface area contributed by atoms with Crippen molar-refractivity contribution in [3.63, 3.8) is 0 Å². The second kappa shape index (κ2) is 6.34. The summed E-state index contributed by atoms with van der Waals surface area (Å²) in [5, 5.41) is 0. The molecule has 2 heterocycles. The molecule has 0 atom stereocenters. The fraction of sp³-hybridized carbons (Fsp3) is 0.533. The number of hydrogen-bond acceptors (Lipinski definition) is 4. The van der Waals surface area contributed by atoms with Gasteiger partial charge in [-0.15, -0.1) is 11.8 Å². The maximum absolute atomic E-state index is 13.5. The van der Waals surface area contributed by atoms with Crippen LogP contribution in [0, 0.1) is 5.82 Å². The second-order valence-corrected chi connectivity index (χ2v) is 6.22. The predicted molar refractivity (Wildman–Crippen MR) is 77.6 cm³/mol. The molecule has 1 aromatic rings. The largest absolute Gasteiger partial charge is 0.347 e. The predicted octanol–water partition coefficient (Wildman–Crippen LogP) is 2.28. The lowest BCUT2D eigenvalue weighted by atomic mass is 10.0. The number of halogens is 1. The first-order chi connectivity index (χ1) is 10.2. The molecule has 0 bridgehead atoms. The molecule has 0 aromatic heterocycles. The molecule has 1 amide bonds. The summed E-state index contributed by atoms with van der Waals surface area (Å²) in [5.74, 6) is -0.442. The molecular formula is C15H18FNO3S. The van der Waals surface area contributed by atoms with Gasteiger partial charge in [0.2, 0.25) is 5.91 Å². The highest BCUT2D eigenvalue weighted by Gasteiger charge is 2.40. The Morgan fingerprint density at radius 3 is 2.57 bits per heavy atom. The van der Waals surface area contributed by atoms with E-state index >= 15 is 0 Å². The molecule has 114 valence electrons. The van der Waals surface area contributed by atoms with E-state index in [1.54, 1.807) is 18.2 Å². The third-order valence-electron chi connectivity index (χ3n) is 3.88. The smallest absolute Gasteiger partial charge is 0.232 e. The van der Waals surface area contributed by atoms with Crippen molar-refractivity contribution in [3.8, 4) is 0 Å². The molecule has 0 unspecified atom stereocenters. The number of ether oxygens (including phenoxy) is 2. The number of piperidine rings is 1. The lowest BCUT2D eigenvalue weighted by Gasteiger charge is -2.37. The van der Waals surface area contributed by atoms with Gasteiger partial charge in [-0.1, -0.05) is 12.1 Å². The maximum Gasteiger partial charge on any atom is 0.232 e. The van der Waals surface area contributed by atoms with E-state index in [1.165, 1.54) is 17.8 Å². The van der Waals surface area contributed by atoms with Gasteiger partial charge in [0.1, 0.15) is 5.82 Å². The molecule has 1 spiro atoms. The summed E-state index contributed by atoms with van der Waals surface area (Å²) in [4.78, 5) is 14.5. The van der Waals surface area contributed by atoms with Crippen LogP contribution in [0.3, 0.4) is 0 Å². The van der Waals surface area contributed by atoms with Crippen LogP contribution in [0.15, 0.2) is 29.2 Å². The van der Waals surface area contributed by atoms with Gasteiger partial charge in [0.25, 0.3) is 0 Å². The maximum atomic E-state index is 13.5. The molecule has 21 heavy (non-hydrogen) atoms. The van der Waals surface area contributed by atoms with Crippen LogP contribution < -0.4 is 0 Å². The molecule has 2 saturated heterocycles. The van der Waals surface area contributed by atoms with E-state index in [4.69, 9.17) is 9.47 Å². The van der Waals surface area contributed by atoms with Crippen LogP contribution >= 0.6 is 11.8 Å². The Kier molecular flexibility index (Phi) is 4.47. The number of hydrogen-bond donors (Lipinski definition) is 0. The van der Waals surface area contributed by atoms with E-state index in [9.17, 15) is 9.18 Å². The van der Waals surface area contributed by atoms with Crippen LogP contribution in [0.4, 0.5) is 4.39 Å². The van der Waals surface area contributed by atoms with Crippen molar-refractivity contribution in [1.82, 2.24) is 4.90 Å². The monoisotopic (exact) mass is 311 g/mol. The third-order valence-corrected chi connectivity index (χ3v) is 4.91. The molecular weight excluding hydrogens is 293 g/mol. The van der Waals surface area contributed by atoms with Crippen LogP contribution in [-0.4, -0.2) is 48.7 Å². The summed E-state index contributed by atoms with van der Waals surface area (Å²) in [6, 6.07) is 6.52. The van der Waals surface area contributed by atoms with E-state index in [-0.39, 0.29) is 17.5 Å². The number of likely N-dealkylation sites (tertiary alicyclic amines) is 1. The van der Waals surface area contributed by atoms with E-state index in [0.29, 0.717) is 44.0 Å². The Hall–Kier alpha value is -1.11. The summed E-state index contributed by atoms with van der Waals surface area (Å²) >= 11 is 1.24. The molecule has 1 aromatic carbocycles. The minimum Gasteiger partial charge on any atom is -0.347 e. The van der Waals surface area contributed by atoms with Crippen molar-refractivity contribution < 1.29 is 18.7 Å². The third kappa shape index (κ3) is 3.39. The molecule has 6 heteroatoms. The van der Waals surface area contributed by atoms with Gasteiger partial charge in [-0.25, -0.2) is 4.39 Å². The van der Waals surface area contributed by atoms with Crippen molar-refractivity contribution in [2.75, 3.05) is 32.1 Å². The summed E-state index contributed by atoms with van der Waals surface area (Å²) in [7, 11) is 0. The fourth-order valence-corrected chi connectivity index (χ4v) is 3.52. The molecule has 2 aliphatic heterocycles. The zero-order valence-corrected chi connectivity index (χ0v) is 12.5. The van der Waals surface area contributed by atoms with Crippen molar-refractivity contribution in [3.05, 3.63) is 30.1 Å². The number of thioether (sulfide) groups is 1. The van der Waals surface area contributed by atoms with Crippen LogP contribution in [0.2, 0.25) is 0 Å². The number of rotatable bonds is 3. The summed E-state index contributed by atoms with van der Waals surface area (Å²) in [6.07, 6.45) is 1.42. The van der Waals surface area contributed by atoms with Crippen molar-refractivity contribution in [2.45, 2.75) is 23.5 Å². The minimum atomic E-state index is -0.463. The van der Waals surface area contributed by atoms with Crippen molar-refractivity contribution >= 4 is 17.7 Å². The molecule has 4 nitrogen and oxygen atoms in total. The van der Waals surface area contributed by atoms with Crippen LogP contribution in [0.25, 0.3) is 0 Å². The van der Waals surface area contributed by atoms with Crippen LogP contribution in [-0.2, 0) is 14.3 Å². The molecule has 0 radical (unpaired) electrons. The first-order valence-electron chi connectivity index (χ1n) is 7.12. The molecule has 0 aliphatic carbocycles. The van der Waals surface area contributed by atoms with E-state index in [2.05, 4.69) is 0 Å². The van der Waals surface area contributed by atoms with Gasteiger partial charge in [-0.2, -0.15) is 0 Å². The van der Waals surface area contributed by atoms with Crippen LogP contribution in [0.1, 0.15) is 12.8 Å². The summed E-state index contributed by atoms with van der Waals surface area (Å²) in [5.41, 5.74) is 0. The van der Waals surface area contributed by atoms with Crippen molar-refractivity contribution in [1.29, 1.82) is 0 Å². The van der Waals surface area contributed by atoms with Gasteiger partial charge in [0.15, 0.2) is 5.79 Å². The second-order valence-electron chi connectivity index (χ2n) is 5.21. The number of amides is 1. The Morgan fingerprint density at radius 1 is 1.24 bits per heavy atom. The average molecular weight is 311 g/mol. The summed E-state index contributed by atoms with van der Waals surface area (Å²) < 4.78 is 24.8. The highest BCUT2D eigenvalue weighted by atomic mass is 32.2. The SMILES string of the molecule is O=C(CSc1ccccc1F)N1CCC2(CC1)OCCO2. The lowest BCUT2D eigenvalue weighted by Crippen LogP contribution is -2.47. The zero-order valence-electron chi connectivity index (χ0n) is 11.7. The Labute approximate surface area is 127 Å². The van der Waals surface area contributed by atoms with Gasteiger partial charge in [0.05, 0.1) is 19.0 Å². The van der Waals surface area contributed by atoms with Gasteiger partial charge in [-0.05, 0) is 12.1 Å². The number of nitrogens with zero attached hydrogens (tertiary/aromatic N) is 1. The zero-order chi connectivity index (χ0) is 14.7. The Balaban J connectivity index is 1.49. The molecule has 2 fully saturated rings. The average Bonchev–Trinajstić information content (AvgIpc) is 2.95. The van der Waals surface area contributed by atoms with Gasteiger partial charge < -0.3 is 14.4 Å². The first-order valence-corrected chi connectivity index (χ1v) is 8.10. The standard InChI is InChI=1S/C15H18FNO3S/c16-12-3-1-2-4-13(12)21-11-14(18)17-7-5-15(6-8-17)19-9-10-20-15/h1-4H,5-11H2. The first kappa shape index (κ1) is 14.8. The van der Waals surface area contributed by atoms with E-state index < -0.39 is 5.79 Å². The Bertz CT molecular complexity index is 509. The van der Waals surface area contributed by atoms with Crippen molar-refractivity contribution in [2.24, 2.45) is 0 Å². The van der Waals surface area contributed by atoms with E-state index in [1.807, 2.05) is 4.90 Å². The quantitative estimate of drug-likeness (QED) is 0.803. The molecule has 0 N–H and O–H groups in total. The number of carbonyl (C=O) groups excluding carboxylic acids is 1. The minimum absolute atomic E-state index is 0.0381. The van der Waals surface area contributed by atoms with Gasteiger partial charge in [-0.3, -0.25) is 4.79 Å². The lowest BCUT2D eigenvalue weighted by molar-refractivity contribution is -0.186. The molecule has 0 saturated carbocycles. The normalized spacial score (nSPS) is 20.9. The number of benzene rings is 1. The van der Waals surface area contributed by atoms with E-state index in [0.717, 1.165) is 0 Å². The van der Waals surface area contributed by atoms with Gasteiger partial charge >= 0.3 is 0 Å². The highest BCUT2D eigenvalue weighted by molar-refractivity contribution is 8.00. The van der Waals surface area contributed by atoms with Gasteiger partial charge in [0, 0.05) is 30.8 Å². The topological polar surface area (TPSA) is 38.8 Å². The fourth-order valence-electron chi connectivity index (χ4n) is 2.68. The molecule has 2 aliphatic rings.